The molecule has 0 saturated heterocycles. The second kappa shape index (κ2) is 34.5. The van der Waals surface area contributed by atoms with Gasteiger partial charge in [-0.2, -0.15) is 0 Å². The fourth-order valence-electron chi connectivity index (χ4n) is 6.67. The van der Waals surface area contributed by atoms with Gasteiger partial charge in [-0.25, -0.2) is 4.79 Å². The van der Waals surface area contributed by atoms with Crippen molar-refractivity contribution in [2.24, 2.45) is 0 Å². The summed E-state index contributed by atoms with van der Waals surface area (Å²) in [6.07, 6.45) is 43.4. The fraction of sp³-hybridized carbons (Fsp3) is 0.905. The van der Waals surface area contributed by atoms with Crippen molar-refractivity contribution < 1.29 is 23.9 Å². The Kier molecular flexibility index (Phi) is 33.5. The zero-order chi connectivity index (χ0) is 34.7. The predicted molar refractivity (Wildman–Crippen MR) is 203 cm³/mol. The minimum Gasteiger partial charge on any atom is -0.477 e. The van der Waals surface area contributed by atoms with Crippen LogP contribution in [0.25, 0.3) is 0 Å². The van der Waals surface area contributed by atoms with Gasteiger partial charge in [-0.1, -0.05) is 174 Å². The standard InChI is InChI=1S/C42H81NO4/c1-5-7-9-11-13-15-17-19-21-23-24-26-28-30-32-34-36-40(38-43(3,4)39-41(44)45)47-42(46)37-35-33-31-29-27-25-22-20-18-16-14-12-10-8-6-2/h20,22,40H,5-19,21,23-39H2,1-4H3/p+1/b22-20-. The van der Waals surface area contributed by atoms with Crippen molar-refractivity contribution in [2.75, 3.05) is 27.2 Å². The van der Waals surface area contributed by atoms with Crippen LogP contribution in [0.4, 0.5) is 0 Å². The molecule has 1 N–H and O–H groups in total. The number of hydrogen-bond acceptors (Lipinski definition) is 3. The largest absolute Gasteiger partial charge is 0.477 e. The van der Waals surface area contributed by atoms with E-state index in [0.717, 1.165) is 32.1 Å². The number of carbonyl (C=O) groups excluding carboxylic acids is 1. The van der Waals surface area contributed by atoms with E-state index < -0.39 is 5.97 Å². The van der Waals surface area contributed by atoms with Gasteiger partial charge in [0.2, 0.25) is 0 Å². The van der Waals surface area contributed by atoms with Crippen molar-refractivity contribution in [3.63, 3.8) is 0 Å². The molecule has 0 spiro atoms. The average Bonchev–Trinajstić information content (AvgIpc) is 3.01. The van der Waals surface area contributed by atoms with Crippen molar-refractivity contribution in [3.05, 3.63) is 12.2 Å². The molecule has 0 aromatic rings. The average molecular weight is 665 g/mol. The quantitative estimate of drug-likeness (QED) is 0.0311. The van der Waals surface area contributed by atoms with Crippen LogP contribution in [0.5, 0.6) is 0 Å². The lowest BCUT2D eigenvalue weighted by Gasteiger charge is -2.31. The molecule has 0 saturated carbocycles. The summed E-state index contributed by atoms with van der Waals surface area (Å²) in [6, 6.07) is 0. The highest BCUT2D eigenvalue weighted by Crippen LogP contribution is 2.17. The summed E-state index contributed by atoms with van der Waals surface area (Å²) in [5.41, 5.74) is 0. The van der Waals surface area contributed by atoms with E-state index in [1.54, 1.807) is 0 Å². The number of allylic oxidation sites excluding steroid dienone is 2. The Labute approximate surface area is 293 Å². The van der Waals surface area contributed by atoms with Gasteiger partial charge in [0.15, 0.2) is 12.6 Å². The maximum atomic E-state index is 12.7. The molecule has 0 rings (SSSR count). The van der Waals surface area contributed by atoms with E-state index in [-0.39, 0.29) is 18.6 Å². The van der Waals surface area contributed by atoms with Crippen LogP contribution in [0, 0.1) is 0 Å². The van der Waals surface area contributed by atoms with E-state index >= 15 is 0 Å². The lowest BCUT2D eigenvalue weighted by molar-refractivity contribution is -0.886. The van der Waals surface area contributed by atoms with Gasteiger partial charge in [0.25, 0.3) is 0 Å². The zero-order valence-electron chi connectivity index (χ0n) is 32.2. The minimum atomic E-state index is -0.809. The van der Waals surface area contributed by atoms with Crippen LogP contribution in [0.15, 0.2) is 12.2 Å². The highest BCUT2D eigenvalue weighted by Gasteiger charge is 2.27. The Balaban J connectivity index is 4.03. The van der Waals surface area contributed by atoms with Gasteiger partial charge in [-0.05, 0) is 44.9 Å². The summed E-state index contributed by atoms with van der Waals surface area (Å²) in [5, 5.41) is 9.34. The van der Waals surface area contributed by atoms with Gasteiger partial charge in [0, 0.05) is 6.42 Å². The number of rotatable bonds is 37. The summed E-state index contributed by atoms with van der Waals surface area (Å²) in [4.78, 5) is 24.1. The number of carboxylic acids is 1. The number of quaternary nitrogens is 1. The molecule has 0 aromatic carbocycles. The Hall–Kier alpha value is -1.36. The molecule has 0 fully saturated rings. The highest BCUT2D eigenvalue weighted by atomic mass is 16.5. The second-order valence-corrected chi connectivity index (χ2v) is 15.2. The number of aliphatic carboxylic acids is 1. The van der Waals surface area contributed by atoms with Crippen molar-refractivity contribution in [1.82, 2.24) is 0 Å². The van der Waals surface area contributed by atoms with Gasteiger partial charge >= 0.3 is 11.9 Å². The summed E-state index contributed by atoms with van der Waals surface area (Å²) in [6.45, 7) is 5.15. The molecular weight excluding hydrogens is 582 g/mol. The van der Waals surface area contributed by atoms with Crippen LogP contribution in [-0.2, 0) is 14.3 Å². The Morgan fingerprint density at radius 1 is 0.553 bits per heavy atom. The van der Waals surface area contributed by atoms with E-state index in [4.69, 9.17) is 4.74 Å². The van der Waals surface area contributed by atoms with Crippen LogP contribution in [0.3, 0.4) is 0 Å². The van der Waals surface area contributed by atoms with Crippen molar-refractivity contribution in [3.8, 4) is 0 Å². The maximum Gasteiger partial charge on any atom is 0.359 e. The first-order chi connectivity index (χ1) is 22.8. The smallest absolute Gasteiger partial charge is 0.359 e. The highest BCUT2D eigenvalue weighted by molar-refractivity contribution is 5.69. The number of carbonyl (C=O) groups is 2. The summed E-state index contributed by atoms with van der Waals surface area (Å²) in [7, 11) is 3.85. The number of likely N-dealkylation sites (N-methyl/N-ethyl adjacent to an activating group) is 1. The number of unbranched alkanes of at least 4 members (excludes halogenated alkanes) is 26. The van der Waals surface area contributed by atoms with E-state index in [2.05, 4.69) is 26.0 Å². The molecule has 278 valence electrons. The van der Waals surface area contributed by atoms with Crippen LogP contribution in [-0.4, -0.2) is 54.8 Å². The molecule has 0 aromatic heterocycles. The second-order valence-electron chi connectivity index (χ2n) is 15.2. The third-order valence-electron chi connectivity index (χ3n) is 9.58. The molecule has 0 radical (unpaired) electrons. The normalized spacial score (nSPS) is 12.6. The Bertz CT molecular complexity index is 719. The van der Waals surface area contributed by atoms with Crippen molar-refractivity contribution in [1.29, 1.82) is 0 Å². The molecular formula is C42H82NO4+. The number of esters is 1. The molecule has 0 heterocycles. The monoisotopic (exact) mass is 665 g/mol. The number of nitrogens with zero attached hydrogens (tertiary/aromatic N) is 1. The SMILES string of the molecule is CCCCCCCC/C=C\CCCCCCCC(=O)OC(CCCCCCCCCCCCCCCCCC)C[N+](C)(C)CC(=O)O. The molecule has 1 atom stereocenters. The third-order valence-corrected chi connectivity index (χ3v) is 9.58. The van der Waals surface area contributed by atoms with Crippen LogP contribution >= 0.6 is 0 Å². The summed E-state index contributed by atoms with van der Waals surface area (Å²) < 4.78 is 6.29. The van der Waals surface area contributed by atoms with Crippen LogP contribution in [0.2, 0.25) is 0 Å². The first kappa shape index (κ1) is 45.6. The lowest BCUT2D eigenvalue weighted by Crippen LogP contribution is -2.49. The van der Waals surface area contributed by atoms with Gasteiger partial charge in [0.1, 0.15) is 6.54 Å². The molecule has 0 aliphatic carbocycles. The molecule has 5 heteroatoms. The molecule has 0 aliphatic rings. The molecule has 0 aliphatic heterocycles. The summed E-state index contributed by atoms with van der Waals surface area (Å²) in [5.74, 6) is -0.921. The zero-order valence-corrected chi connectivity index (χ0v) is 32.2. The minimum absolute atomic E-state index is 0.0429. The van der Waals surface area contributed by atoms with Gasteiger partial charge in [-0.3, -0.25) is 4.79 Å². The van der Waals surface area contributed by atoms with E-state index in [9.17, 15) is 14.7 Å². The van der Waals surface area contributed by atoms with E-state index in [0.29, 0.717) is 17.4 Å². The number of ether oxygens (including phenoxy) is 1. The first-order valence-electron chi connectivity index (χ1n) is 20.7. The van der Waals surface area contributed by atoms with E-state index in [1.165, 1.54) is 161 Å². The molecule has 0 amide bonds. The lowest BCUT2D eigenvalue weighted by atomic mass is 10.0. The number of carboxylic acid groups (broad SMARTS) is 1. The Morgan fingerprint density at radius 3 is 1.32 bits per heavy atom. The van der Waals surface area contributed by atoms with Gasteiger partial charge in [0.05, 0.1) is 14.1 Å². The topological polar surface area (TPSA) is 63.6 Å². The van der Waals surface area contributed by atoms with Crippen molar-refractivity contribution in [2.45, 2.75) is 219 Å². The van der Waals surface area contributed by atoms with Crippen LogP contribution in [0.1, 0.15) is 213 Å². The van der Waals surface area contributed by atoms with Crippen molar-refractivity contribution >= 4 is 11.9 Å². The fourth-order valence-corrected chi connectivity index (χ4v) is 6.67. The summed E-state index contributed by atoms with van der Waals surface area (Å²) >= 11 is 0. The molecule has 1 unspecified atom stereocenters. The first-order valence-corrected chi connectivity index (χ1v) is 20.7. The van der Waals surface area contributed by atoms with E-state index in [1.807, 2.05) is 14.1 Å². The Morgan fingerprint density at radius 2 is 0.915 bits per heavy atom. The predicted octanol–water partition coefficient (Wildman–Crippen LogP) is 12.7. The molecule has 5 nitrogen and oxygen atoms in total. The van der Waals surface area contributed by atoms with Gasteiger partial charge < -0.3 is 14.3 Å². The third kappa shape index (κ3) is 35.8. The van der Waals surface area contributed by atoms with Crippen LogP contribution < -0.4 is 0 Å². The molecule has 0 bridgehead atoms. The molecule has 47 heavy (non-hydrogen) atoms. The maximum absolute atomic E-state index is 12.7. The number of hydrogen-bond donors (Lipinski definition) is 1. The van der Waals surface area contributed by atoms with Gasteiger partial charge in [-0.15, -0.1) is 0 Å².